The summed E-state index contributed by atoms with van der Waals surface area (Å²) in [6.07, 6.45) is 8.36. The number of benzene rings is 4. The van der Waals surface area contributed by atoms with Gasteiger partial charge < -0.3 is 9.47 Å². The average Bonchev–Trinajstić information content (AvgIpc) is 3.47. The smallest absolute Gasteiger partial charge is 0.237 e. The molecule has 4 aromatic carbocycles. The number of hydrogen-bond acceptors (Lipinski definition) is 7. The highest BCUT2D eigenvalue weighted by molar-refractivity contribution is 6.10. The molecule has 53 heavy (non-hydrogen) atoms. The molecule has 8 aromatic rings. The van der Waals surface area contributed by atoms with E-state index in [1.54, 1.807) is 12.4 Å². The number of nitrogens with zero attached hydrogens (tertiary/aromatic N) is 6. The van der Waals surface area contributed by atoms with Gasteiger partial charge in [0.1, 0.15) is 35.7 Å². The molecule has 0 atom stereocenters. The zero-order valence-electron chi connectivity index (χ0n) is 30.3. The summed E-state index contributed by atoms with van der Waals surface area (Å²) in [5.74, 6) is 4.38. The molecule has 8 heteroatoms. The van der Waals surface area contributed by atoms with E-state index in [1.807, 2.05) is 72.8 Å². The van der Waals surface area contributed by atoms with Gasteiger partial charge in [-0.15, -0.1) is 0 Å². The predicted octanol–water partition coefficient (Wildman–Crippen LogP) is 11.1. The summed E-state index contributed by atoms with van der Waals surface area (Å²) >= 11 is 0. The van der Waals surface area contributed by atoms with E-state index in [9.17, 15) is 0 Å². The van der Waals surface area contributed by atoms with Crippen molar-refractivity contribution in [1.29, 1.82) is 0 Å². The highest BCUT2D eigenvalue weighted by Crippen LogP contribution is 2.42. The molecule has 4 heterocycles. The minimum absolute atomic E-state index is 0.407. The zero-order chi connectivity index (χ0) is 36.3. The maximum Gasteiger partial charge on any atom is 0.237 e. The van der Waals surface area contributed by atoms with Gasteiger partial charge in [0.05, 0.1) is 22.4 Å². The molecule has 0 aliphatic rings. The first-order valence-electron chi connectivity index (χ1n) is 18.0. The Kier molecular flexibility index (Phi) is 9.34. The van der Waals surface area contributed by atoms with Gasteiger partial charge in [0.25, 0.3) is 0 Å². The largest absolute Gasteiger partial charge is 0.457 e. The molecular weight excluding hydrogens is 657 g/mol. The molecular formula is C45H40N6O2. The first-order valence-corrected chi connectivity index (χ1v) is 18.0. The van der Waals surface area contributed by atoms with Crippen LogP contribution in [0.4, 0.5) is 0 Å². The van der Waals surface area contributed by atoms with E-state index in [4.69, 9.17) is 9.47 Å². The van der Waals surface area contributed by atoms with Gasteiger partial charge in [0.2, 0.25) is 5.95 Å². The second-order valence-corrected chi connectivity index (χ2v) is 14.1. The van der Waals surface area contributed by atoms with Gasteiger partial charge in [-0.2, -0.15) is 0 Å². The molecule has 0 N–H and O–H groups in total. The highest BCUT2D eigenvalue weighted by Gasteiger charge is 2.22. The van der Waals surface area contributed by atoms with Gasteiger partial charge in [-0.05, 0) is 96.5 Å². The van der Waals surface area contributed by atoms with Crippen molar-refractivity contribution in [3.8, 4) is 51.5 Å². The normalized spacial score (nSPS) is 11.5. The number of pyridine rings is 2. The number of aromatic nitrogens is 6. The van der Waals surface area contributed by atoms with Crippen LogP contribution in [0.15, 0.2) is 134 Å². The lowest BCUT2D eigenvalue weighted by Gasteiger charge is -2.15. The van der Waals surface area contributed by atoms with Gasteiger partial charge in [-0.3, -0.25) is 14.5 Å². The van der Waals surface area contributed by atoms with Crippen LogP contribution in [0.25, 0.3) is 50.3 Å². The zero-order valence-corrected chi connectivity index (χ0v) is 30.3. The van der Waals surface area contributed by atoms with E-state index < -0.39 is 0 Å². The lowest BCUT2D eigenvalue weighted by molar-refractivity contribution is 0.471. The van der Waals surface area contributed by atoms with Gasteiger partial charge in [-0.1, -0.05) is 64.1 Å². The average molecular weight is 697 g/mol. The Hall–Kier alpha value is -6.41. The maximum absolute atomic E-state index is 6.77. The minimum Gasteiger partial charge on any atom is -0.457 e. The lowest BCUT2D eigenvalue weighted by Crippen LogP contribution is -2.03. The van der Waals surface area contributed by atoms with E-state index in [0.29, 0.717) is 17.8 Å². The summed E-state index contributed by atoms with van der Waals surface area (Å²) in [6.45, 7) is 8.93. The van der Waals surface area contributed by atoms with Crippen molar-refractivity contribution in [3.63, 3.8) is 0 Å². The van der Waals surface area contributed by atoms with Crippen LogP contribution in [0.3, 0.4) is 0 Å². The molecule has 0 radical (unpaired) electrons. The fourth-order valence-corrected chi connectivity index (χ4v) is 6.87. The van der Waals surface area contributed by atoms with Crippen molar-refractivity contribution in [3.05, 3.63) is 145 Å². The summed E-state index contributed by atoms with van der Waals surface area (Å²) in [7, 11) is 0. The van der Waals surface area contributed by atoms with Crippen molar-refractivity contribution in [2.75, 3.05) is 0 Å². The van der Waals surface area contributed by atoms with Crippen LogP contribution in [0.2, 0.25) is 0 Å². The van der Waals surface area contributed by atoms with Crippen molar-refractivity contribution in [2.24, 2.45) is 11.8 Å². The molecule has 0 spiro atoms. The third kappa shape index (κ3) is 7.21. The first kappa shape index (κ1) is 33.7. The maximum atomic E-state index is 6.77. The topological polar surface area (TPSA) is 87.8 Å². The van der Waals surface area contributed by atoms with Crippen LogP contribution in [-0.2, 0) is 12.8 Å². The van der Waals surface area contributed by atoms with Gasteiger partial charge in [-0.25, -0.2) is 15.0 Å². The second-order valence-electron chi connectivity index (χ2n) is 14.1. The molecule has 8 nitrogen and oxygen atoms in total. The quantitative estimate of drug-likeness (QED) is 0.133. The Morgan fingerprint density at radius 2 is 1.02 bits per heavy atom. The second kappa shape index (κ2) is 14.7. The van der Waals surface area contributed by atoms with E-state index >= 15 is 0 Å². The minimum atomic E-state index is 0.407. The predicted molar refractivity (Wildman–Crippen MR) is 211 cm³/mol. The van der Waals surface area contributed by atoms with Crippen molar-refractivity contribution in [1.82, 2.24) is 29.5 Å². The third-order valence-electron chi connectivity index (χ3n) is 9.11. The monoisotopic (exact) mass is 696 g/mol. The molecule has 0 amide bonds. The standard InChI is InChI=1S/C45H40N6O2/c1-29(2)19-33-23-37-38-24-34(20-30(3)4)44(53-36-14-10-12-32(22-36)40-16-6-8-18-48-40)26-42(38)51(45-49-27-46-28-50-45)41(37)25-43(33)52-35-13-9-11-31(21-35)39-15-5-7-17-47-39/h5-18,21-30H,19-20H2,1-4H3. The van der Waals surface area contributed by atoms with Gasteiger partial charge >= 0.3 is 0 Å². The van der Waals surface area contributed by atoms with Crippen molar-refractivity contribution in [2.45, 2.75) is 40.5 Å². The summed E-state index contributed by atoms with van der Waals surface area (Å²) in [5.41, 5.74) is 7.88. The fourth-order valence-electron chi connectivity index (χ4n) is 6.87. The Morgan fingerprint density at radius 1 is 0.528 bits per heavy atom. The van der Waals surface area contributed by atoms with Crippen LogP contribution < -0.4 is 9.47 Å². The summed E-state index contributed by atoms with van der Waals surface area (Å²) in [5, 5.41) is 2.19. The molecule has 4 aromatic heterocycles. The third-order valence-corrected chi connectivity index (χ3v) is 9.11. The van der Waals surface area contributed by atoms with Crippen molar-refractivity contribution < 1.29 is 9.47 Å². The van der Waals surface area contributed by atoms with Crippen LogP contribution in [0.5, 0.6) is 23.0 Å². The summed E-state index contributed by atoms with van der Waals surface area (Å²) < 4.78 is 15.6. The van der Waals surface area contributed by atoms with Gasteiger partial charge in [0, 0.05) is 46.4 Å². The Bertz CT molecular complexity index is 2360. The van der Waals surface area contributed by atoms with Crippen LogP contribution in [0, 0.1) is 11.8 Å². The summed E-state index contributed by atoms with van der Waals surface area (Å²) in [6, 6.07) is 36.8. The number of ether oxygens (including phenoxy) is 2. The molecule has 0 bridgehead atoms. The number of rotatable bonds is 11. The molecule has 0 unspecified atom stereocenters. The molecule has 0 fully saturated rings. The van der Waals surface area contributed by atoms with E-state index in [1.165, 1.54) is 12.7 Å². The Morgan fingerprint density at radius 3 is 1.45 bits per heavy atom. The summed E-state index contributed by atoms with van der Waals surface area (Å²) in [4.78, 5) is 22.5. The van der Waals surface area contributed by atoms with Crippen LogP contribution in [-0.4, -0.2) is 29.5 Å². The molecule has 0 saturated carbocycles. The van der Waals surface area contributed by atoms with E-state index in [2.05, 4.69) is 93.6 Å². The fraction of sp³-hybridized carbons (Fsp3) is 0.178. The van der Waals surface area contributed by atoms with E-state index in [0.717, 1.165) is 91.3 Å². The molecule has 0 aliphatic heterocycles. The Balaban J connectivity index is 1.31. The highest BCUT2D eigenvalue weighted by atomic mass is 16.5. The van der Waals surface area contributed by atoms with Gasteiger partial charge in [0.15, 0.2) is 0 Å². The molecule has 8 rings (SSSR count). The molecule has 262 valence electrons. The number of fused-ring (bicyclic) bond motifs is 3. The van der Waals surface area contributed by atoms with Crippen LogP contribution in [0.1, 0.15) is 38.8 Å². The SMILES string of the molecule is CC(C)Cc1cc2c3cc(CC(C)C)c(Oc4cccc(-c5ccccn5)c4)cc3n(-c3ncncn3)c2cc1Oc1cccc(-c2ccccn2)c1. The first-order chi connectivity index (χ1) is 25.9. The Labute approximate surface area is 309 Å². The molecule has 0 saturated heterocycles. The number of hydrogen-bond donors (Lipinski definition) is 0. The van der Waals surface area contributed by atoms with Crippen molar-refractivity contribution >= 4 is 21.8 Å². The van der Waals surface area contributed by atoms with Crippen LogP contribution >= 0.6 is 0 Å². The lowest BCUT2D eigenvalue weighted by atomic mass is 9.97. The molecule has 0 aliphatic carbocycles. The van der Waals surface area contributed by atoms with E-state index in [-0.39, 0.29) is 0 Å².